The van der Waals surface area contributed by atoms with Gasteiger partial charge in [0.2, 0.25) is 0 Å². The number of rotatable bonds is 5. The van der Waals surface area contributed by atoms with Crippen LogP contribution in [0, 0.1) is 0 Å². The van der Waals surface area contributed by atoms with Gasteiger partial charge >= 0.3 is 0 Å². The summed E-state index contributed by atoms with van der Waals surface area (Å²) in [6, 6.07) is 63.1. The topological polar surface area (TPSA) is 16.4 Å². The van der Waals surface area contributed by atoms with Gasteiger partial charge in [0.25, 0.3) is 0 Å². The number of para-hydroxylation sites is 2. The van der Waals surface area contributed by atoms with Crippen LogP contribution in [-0.4, -0.2) is 0 Å². The quantitative estimate of drug-likeness (QED) is 0.186. The Bertz CT molecular complexity index is 2830. The van der Waals surface area contributed by atoms with Gasteiger partial charge < -0.3 is 9.32 Å². The van der Waals surface area contributed by atoms with E-state index in [1.54, 1.807) is 0 Å². The molecule has 0 spiro atoms. The normalized spacial score (nSPS) is 11.7. The first-order valence-electron chi connectivity index (χ1n) is 16.6. The summed E-state index contributed by atoms with van der Waals surface area (Å²) in [7, 11) is 0. The van der Waals surface area contributed by atoms with Gasteiger partial charge in [-0.25, -0.2) is 0 Å². The zero-order valence-electron chi connectivity index (χ0n) is 26.5. The first kappa shape index (κ1) is 27.9. The number of nitrogens with zero attached hydrogens (tertiary/aromatic N) is 1. The Kier molecular flexibility index (Phi) is 6.39. The number of hydrogen-bond acceptors (Lipinski definition) is 3. The Hall–Kier alpha value is -6.16. The number of thiophene rings is 1. The second kappa shape index (κ2) is 11.2. The lowest BCUT2D eigenvalue weighted by Gasteiger charge is -2.26. The molecule has 230 valence electrons. The minimum absolute atomic E-state index is 0.913. The molecule has 0 atom stereocenters. The highest BCUT2D eigenvalue weighted by Crippen LogP contribution is 2.47. The largest absolute Gasteiger partial charge is 0.455 e. The highest BCUT2D eigenvalue weighted by atomic mass is 32.1. The van der Waals surface area contributed by atoms with Crippen molar-refractivity contribution in [3.63, 3.8) is 0 Å². The van der Waals surface area contributed by atoms with Crippen molar-refractivity contribution in [2.75, 3.05) is 4.90 Å². The molecule has 0 N–H and O–H groups in total. The zero-order valence-corrected chi connectivity index (χ0v) is 27.3. The SMILES string of the molecule is c1ccc(-c2cccc3c2sc2c(N(c4ccc(-c5cccc6c5oc5ccccc56)cc4)c4ccc5ccccc5c4)cccc23)cc1. The van der Waals surface area contributed by atoms with Gasteiger partial charge in [-0.2, -0.15) is 0 Å². The molecule has 2 aromatic heterocycles. The van der Waals surface area contributed by atoms with E-state index in [1.807, 2.05) is 23.5 Å². The molecule has 8 aromatic carbocycles. The van der Waals surface area contributed by atoms with E-state index in [9.17, 15) is 0 Å². The summed E-state index contributed by atoms with van der Waals surface area (Å²) in [4.78, 5) is 2.41. The van der Waals surface area contributed by atoms with E-state index >= 15 is 0 Å². The Morgan fingerprint density at radius 1 is 0.408 bits per heavy atom. The number of fused-ring (bicyclic) bond motifs is 7. The van der Waals surface area contributed by atoms with Crippen LogP contribution in [0.15, 0.2) is 180 Å². The zero-order chi connectivity index (χ0) is 32.3. The monoisotopic (exact) mass is 643 g/mol. The molecule has 0 fully saturated rings. The van der Waals surface area contributed by atoms with Crippen molar-refractivity contribution < 1.29 is 4.42 Å². The highest BCUT2D eigenvalue weighted by Gasteiger charge is 2.20. The third-order valence-corrected chi connectivity index (χ3v) is 10.9. The summed E-state index contributed by atoms with van der Waals surface area (Å²) in [5, 5.41) is 7.29. The number of hydrogen-bond donors (Lipinski definition) is 0. The second-order valence-electron chi connectivity index (χ2n) is 12.5. The number of anilines is 3. The molecule has 10 aromatic rings. The van der Waals surface area contributed by atoms with E-state index in [0.29, 0.717) is 0 Å². The van der Waals surface area contributed by atoms with Crippen LogP contribution in [0.1, 0.15) is 0 Å². The molecule has 0 aliphatic heterocycles. The summed E-state index contributed by atoms with van der Waals surface area (Å²) in [6.07, 6.45) is 0. The fourth-order valence-corrected chi connectivity index (χ4v) is 8.67. The fourth-order valence-electron chi connectivity index (χ4n) is 7.33. The van der Waals surface area contributed by atoms with Crippen molar-refractivity contribution in [3.8, 4) is 22.3 Å². The van der Waals surface area contributed by atoms with Gasteiger partial charge in [-0.3, -0.25) is 0 Å². The van der Waals surface area contributed by atoms with E-state index in [2.05, 4.69) is 169 Å². The van der Waals surface area contributed by atoms with Crippen molar-refractivity contribution in [3.05, 3.63) is 176 Å². The predicted octanol–water partition coefficient (Wildman–Crippen LogP) is 13.9. The third kappa shape index (κ3) is 4.55. The van der Waals surface area contributed by atoms with Crippen LogP contribution >= 0.6 is 11.3 Å². The summed E-state index contributed by atoms with van der Waals surface area (Å²) in [5.74, 6) is 0. The Morgan fingerprint density at radius 2 is 1.04 bits per heavy atom. The lowest BCUT2D eigenvalue weighted by molar-refractivity contribution is 0.670. The molecule has 0 radical (unpaired) electrons. The molecule has 0 aliphatic rings. The molecule has 0 saturated heterocycles. The van der Waals surface area contributed by atoms with Crippen LogP contribution in [-0.2, 0) is 0 Å². The van der Waals surface area contributed by atoms with Crippen LogP contribution in [0.4, 0.5) is 17.1 Å². The minimum Gasteiger partial charge on any atom is -0.455 e. The standard InChI is InChI=1S/C46H29NOS/c1-2-12-31(13-3-1)37-17-9-19-40-41-20-10-21-42(46(41)49-45(37)40)47(35-28-23-30-11-4-5-14-33(30)29-35)34-26-24-32(25-27-34)36-16-8-18-39-38-15-6-7-22-43(38)48-44(36)39/h1-29H. The van der Waals surface area contributed by atoms with Crippen molar-refractivity contribution in [2.45, 2.75) is 0 Å². The van der Waals surface area contributed by atoms with Crippen LogP contribution in [0.25, 0.3) is 75.1 Å². The molecule has 2 nitrogen and oxygen atoms in total. The Labute approximate surface area is 287 Å². The van der Waals surface area contributed by atoms with Gasteiger partial charge in [-0.05, 0) is 63.9 Å². The summed E-state index contributed by atoms with van der Waals surface area (Å²) in [5.41, 5.74) is 9.96. The molecular formula is C46H29NOS. The molecule has 0 amide bonds. The van der Waals surface area contributed by atoms with Crippen molar-refractivity contribution in [2.24, 2.45) is 0 Å². The summed E-state index contributed by atoms with van der Waals surface area (Å²) in [6.45, 7) is 0. The van der Waals surface area contributed by atoms with Gasteiger partial charge in [0.1, 0.15) is 11.2 Å². The molecule has 0 bridgehead atoms. The maximum absolute atomic E-state index is 6.40. The van der Waals surface area contributed by atoms with E-state index in [4.69, 9.17) is 4.42 Å². The predicted molar refractivity (Wildman–Crippen MR) is 210 cm³/mol. The summed E-state index contributed by atoms with van der Waals surface area (Å²) >= 11 is 1.88. The molecule has 0 saturated carbocycles. The van der Waals surface area contributed by atoms with Crippen molar-refractivity contribution in [1.29, 1.82) is 0 Å². The van der Waals surface area contributed by atoms with E-state index < -0.39 is 0 Å². The molecule has 10 rings (SSSR count). The van der Waals surface area contributed by atoms with Gasteiger partial charge in [-0.15, -0.1) is 11.3 Å². The molecular weight excluding hydrogens is 615 g/mol. The highest BCUT2D eigenvalue weighted by molar-refractivity contribution is 7.27. The maximum Gasteiger partial charge on any atom is 0.143 e. The van der Waals surface area contributed by atoms with E-state index in [0.717, 1.165) is 44.4 Å². The third-order valence-electron chi connectivity index (χ3n) is 9.66. The molecule has 0 aliphatic carbocycles. The molecule has 49 heavy (non-hydrogen) atoms. The first-order valence-corrected chi connectivity index (χ1v) is 17.4. The Balaban J connectivity index is 1.17. The van der Waals surface area contributed by atoms with Gasteiger partial charge in [-0.1, -0.05) is 140 Å². The lowest BCUT2D eigenvalue weighted by Crippen LogP contribution is -2.10. The van der Waals surface area contributed by atoms with Crippen molar-refractivity contribution >= 4 is 81.3 Å². The van der Waals surface area contributed by atoms with Crippen LogP contribution in [0.5, 0.6) is 0 Å². The number of benzene rings is 8. The molecule has 0 unspecified atom stereocenters. The molecule has 2 heterocycles. The van der Waals surface area contributed by atoms with E-state index in [1.165, 1.54) is 47.8 Å². The van der Waals surface area contributed by atoms with E-state index in [-0.39, 0.29) is 0 Å². The van der Waals surface area contributed by atoms with Gasteiger partial charge in [0, 0.05) is 43.2 Å². The van der Waals surface area contributed by atoms with Crippen LogP contribution < -0.4 is 4.90 Å². The average Bonchev–Trinajstić information content (AvgIpc) is 3.75. The van der Waals surface area contributed by atoms with Crippen LogP contribution in [0.3, 0.4) is 0 Å². The van der Waals surface area contributed by atoms with Crippen molar-refractivity contribution in [1.82, 2.24) is 0 Å². The maximum atomic E-state index is 6.40. The second-order valence-corrected chi connectivity index (χ2v) is 13.5. The average molecular weight is 644 g/mol. The number of furan rings is 1. The first-order chi connectivity index (χ1) is 24.3. The van der Waals surface area contributed by atoms with Crippen LogP contribution in [0.2, 0.25) is 0 Å². The lowest BCUT2D eigenvalue weighted by atomic mass is 10.0. The fraction of sp³-hybridized carbons (Fsp3) is 0. The Morgan fingerprint density at radius 3 is 1.90 bits per heavy atom. The minimum atomic E-state index is 0.913. The molecule has 3 heteroatoms. The van der Waals surface area contributed by atoms with Gasteiger partial charge in [0.05, 0.1) is 10.4 Å². The summed E-state index contributed by atoms with van der Waals surface area (Å²) < 4.78 is 8.98. The smallest absolute Gasteiger partial charge is 0.143 e. The van der Waals surface area contributed by atoms with Gasteiger partial charge in [0.15, 0.2) is 0 Å².